The molecule has 0 fully saturated rings. The quantitative estimate of drug-likeness (QED) is 0.251. The van der Waals surface area contributed by atoms with Gasteiger partial charge >= 0.3 is 0 Å². The number of rotatable bonds is 8. The van der Waals surface area contributed by atoms with Gasteiger partial charge < -0.3 is 5.11 Å². The van der Waals surface area contributed by atoms with Gasteiger partial charge in [0.2, 0.25) is 9.84 Å². The molecule has 3 nitrogen and oxygen atoms in total. The van der Waals surface area contributed by atoms with Crippen molar-refractivity contribution in [1.29, 1.82) is 0 Å². The minimum Gasteiger partial charge on any atom is -0.392 e. The van der Waals surface area contributed by atoms with Crippen molar-refractivity contribution in [3.8, 4) is 11.8 Å². The summed E-state index contributed by atoms with van der Waals surface area (Å²) in [5.41, 5.74) is 6.59. The van der Waals surface area contributed by atoms with Gasteiger partial charge in [-0.1, -0.05) is 72.5 Å². The summed E-state index contributed by atoms with van der Waals surface area (Å²) in [6.45, 7) is 1.83. The number of sulfone groups is 1. The summed E-state index contributed by atoms with van der Waals surface area (Å²) in [5.74, 6) is 6.31. The molecule has 3 rings (SSSR count). The Bertz CT molecular complexity index is 1270. The molecule has 168 valence electrons. The standard InChI is InChI=1S/C29H28O3S/c1-24(27-20-18-26(23-30)19-21-27)22-29(33(31,32)28-15-10-5-11-16-28)17-9-3-2-6-12-25-13-7-4-8-14-25/h4-5,7-8,10-11,13-16,18-21,30H,2-3,9,17,23H2,1H3. The van der Waals surface area contributed by atoms with E-state index < -0.39 is 9.84 Å². The molecule has 0 amide bonds. The molecule has 33 heavy (non-hydrogen) atoms. The number of hydrogen-bond acceptors (Lipinski definition) is 3. The Morgan fingerprint density at radius 3 is 2.12 bits per heavy atom. The lowest BCUT2D eigenvalue weighted by molar-refractivity contribution is 0.282. The first-order valence-electron chi connectivity index (χ1n) is 11.0. The molecule has 0 saturated carbocycles. The molecule has 0 heterocycles. The zero-order valence-corrected chi connectivity index (χ0v) is 19.6. The SMILES string of the molecule is CC(=C=C(CCCCC#Cc1ccccc1)S(=O)(=O)c1ccccc1)c1ccc(CO)cc1. The van der Waals surface area contributed by atoms with Gasteiger partial charge in [-0.3, -0.25) is 0 Å². The summed E-state index contributed by atoms with van der Waals surface area (Å²) in [6.07, 6.45) is 2.61. The first kappa shape index (κ1) is 24.3. The van der Waals surface area contributed by atoms with Crippen LogP contribution in [-0.2, 0) is 16.4 Å². The van der Waals surface area contributed by atoms with Crippen molar-refractivity contribution in [3.05, 3.63) is 112 Å². The van der Waals surface area contributed by atoms with E-state index in [4.69, 9.17) is 0 Å². The van der Waals surface area contributed by atoms with Crippen LogP contribution in [0.1, 0.15) is 49.3 Å². The summed E-state index contributed by atoms with van der Waals surface area (Å²) in [4.78, 5) is 0.563. The fourth-order valence-corrected chi connectivity index (χ4v) is 4.83. The Balaban J connectivity index is 1.81. The Kier molecular flexibility index (Phi) is 8.87. The summed E-state index contributed by atoms with van der Waals surface area (Å²) in [6, 6.07) is 25.7. The van der Waals surface area contributed by atoms with Gasteiger partial charge in [0.25, 0.3) is 0 Å². The first-order chi connectivity index (χ1) is 16.0. The minimum atomic E-state index is -3.64. The highest BCUT2D eigenvalue weighted by molar-refractivity contribution is 7.95. The predicted molar refractivity (Wildman–Crippen MR) is 134 cm³/mol. The van der Waals surface area contributed by atoms with Crippen LogP contribution in [0.25, 0.3) is 5.57 Å². The Labute approximate surface area is 197 Å². The number of hydrogen-bond donors (Lipinski definition) is 1. The van der Waals surface area contributed by atoms with Gasteiger partial charge in [0, 0.05) is 12.0 Å². The second kappa shape index (κ2) is 12.0. The van der Waals surface area contributed by atoms with E-state index in [9.17, 15) is 13.5 Å². The molecule has 0 bridgehead atoms. The van der Waals surface area contributed by atoms with Gasteiger partial charge in [-0.15, -0.1) is 5.73 Å². The fraction of sp³-hybridized carbons (Fsp3) is 0.207. The third-order valence-corrected chi connectivity index (χ3v) is 7.08. The zero-order valence-electron chi connectivity index (χ0n) is 18.8. The van der Waals surface area contributed by atoms with Crippen LogP contribution in [0.15, 0.2) is 100 Å². The van der Waals surface area contributed by atoms with Crippen molar-refractivity contribution in [2.45, 2.75) is 44.1 Å². The molecule has 0 aliphatic rings. The van der Waals surface area contributed by atoms with Crippen molar-refractivity contribution in [3.63, 3.8) is 0 Å². The smallest absolute Gasteiger partial charge is 0.210 e. The van der Waals surface area contributed by atoms with Crippen molar-refractivity contribution in [2.24, 2.45) is 0 Å². The minimum absolute atomic E-state index is 0.0281. The Morgan fingerprint density at radius 1 is 0.848 bits per heavy atom. The highest BCUT2D eigenvalue weighted by Gasteiger charge is 2.20. The molecule has 0 unspecified atom stereocenters. The molecule has 3 aromatic carbocycles. The maximum Gasteiger partial charge on any atom is 0.210 e. The molecule has 4 heteroatoms. The summed E-state index contributed by atoms with van der Waals surface area (Å²) in [7, 11) is -3.64. The van der Waals surface area contributed by atoms with Gasteiger partial charge in [0.1, 0.15) is 0 Å². The normalized spacial score (nSPS) is 10.6. The van der Waals surface area contributed by atoms with Crippen LogP contribution >= 0.6 is 0 Å². The van der Waals surface area contributed by atoms with Gasteiger partial charge in [-0.05, 0) is 67.2 Å². The van der Waals surface area contributed by atoms with E-state index in [2.05, 4.69) is 17.6 Å². The number of benzene rings is 3. The Hall–Kier alpha value is -3.35. The van der Waals surface area contributed by atoms with Crippen LogP contribution in [0.4, 0.5) is 0 Å². The van der Waals surface area contributed by atoms with Crippen LogP contribution in [-0.4, -0.2) is 13.5 Å². The van der Waals surface area contributed by atoms with Crippen molar-refractivity contribution < 1.29 is 13.5 Å². The van der Waals surface area contributed by atoms with Crippen LogP contribution in [0.3, 0.4) is 0 Å². The highest BCUT2D eigenvalue weighted by Crippen LogP contribution is 2.25. The van der Waals surface area contributed by atoms with E-state index >= 15 is 0 Å². The molecule has 0 aliphatic heterocycles. The van der Waals surface area contributed by atoms with Crippen LogP contribution in [0.2, 0.25) is 0 Å². The average molecular weight is 457 g/mol. The van der Waals surface area contributed by atoms with E-state index in [0.29, 0.717) is 19.3 Å². The van der Waals surface area contributed by atoms with E-state index in [0.717, 1.165) is 28.7 Å². The lowest BCUT2D eigenvalue weighted by Crippen LogP contribution is -2.04. The van der Waals surface area contributed by atoms with E-state index in [1.54, 1.807) is 30.3 Å². The van der Waals surface area contributed by atoms with Gasteiger partial charge in [0.05, 0.1) is 16.4 Å². The zero-order chi connectivity index (χ0) is 23.5. The topological polar surface area (TPSA) is 54.4 Å². The molecule has 0 saturated heterocycles. The van der Waals surface area contributed by atoms with Crippen LogP contribution in [0, 0.1) is 11.8 Å². The Morgan fingerprint density at radius 2 is 1.48 bits per heavy atom. The summed E-state index contributed by atoms with van der Waals surface area (Å²) < 4.78 is 26.7. The fourth-order valence-electron chi connectivity index (χ4n) is 3.33. The predicted octanol–water partition coefficient (Wildman–Crippen LogP) is 6.15. The molecule has 0 spiro atoms. The number of aliphatic hydroxyl groups is 1. The third kappa shape index (κ3) is 7.07. The van der Waals surface area contributed by atoms with Crippen molar-refractivity contribution >= 4 is 15.4 Å². The van der Waals surface area contributed by atoms with E-state index in [1.165, 1.54) is 0 Å². The number of aliphatic hydroxyl groups excluding tert-OH is 1. The molecule has 3 aromatic rings. The van der Waals surface area contributed by atoms with Crippen LogP contribution < -0.4 is 0 Å². The molecule has 0 radical (unpaired) electrons. The van der Waals surface area contributed by atoms with Crippen molar-refractivity contribution in [1.82, 2.24) is 0 Å². The van der Waals surface area contributed by atoms with Gasteiger partial charge in [0.15, 0.2) is 0 Å². The molecular formula is C29H28O3S. The number of allylic oxidation sites excluding steroid dienone is 1. The van der Waals surface area contributed by atoms with Gasteiger partial charge in [-0.25, -0.2) is 8.42 Å². The second-order valence-corrected chi connectivity index (χ2v) is 9.69. The maximum atomic E-state index is 13.3. The highest BCUT2D eigenvalue weighted by atomic mass is 32.2. The molecule has 0 atom stereocenters. The second-order valence-electron chi connectivity index (χ2n) is 7.72. The van der Waals surface area contributed by atoms with Crippen LogP contribution in [0.5, 0.6) is 0 Å². The molecule has 1 N–H and O–H groups in total. The first-order valence-corrected chi connectivity index (χ1v) is 12.5. The summed E-state index contributed by atoms with van der Waals surface area (Å²) >= 11 is 0. The van der Waals surface area contributed by atoms with Crippen molar-refractivity contribution in [2.75, 3.05) is 0 Å². The largest absolute Gasteiger partial charge is 0.392 e. The summed E-state index contributed by atoms with van der Waals surface area (Å²) in [5, 5.41) is 9.25. The molecule has 0 aromatic heterocycles. The monoisotopic (exact) mass is 456 g/mol. The average Bonchev–Trinajstić information content (AvgIpc) is 2.86. The van der Waals surface area contributed by atoms with Gasteiger partial charge in [-0.2, -0.15) is 0 Å². The maximum absolute atomic E-state index is 13.3. The van der Waals surface area contributed by atoms with E-state index in [-0.39, 0.29) is 16.4 Å². The molecular weight excluding hydrogens is 428 g/mol. The lowest BCUT2D eigenvalue weighted by atomic mass is 10.1. The van der Waals surface area contributed by atoms with E-state index in [1.807, 2.05) is 61.5 Å². The lowest BCUT2D eigenvalue weighted by Gasteiger charge is -2.08. The third-order valence-electron chi connectivity index (χ3n) is 5.24. The number of unbranched alkanes of at least 4 members (excludes halogenated alkanes) is 2. The molecule has 0 aliphatic carbocycles.